The molecule has 0 aliphatic heterocycles. The van der Waals surface area contributed by atoms with Gasteiger partial charge in [-0.25, -0.2) is 9.97 Å². The van der Waals surface area contributed by atoms with Crippen LogP contribution in [-0.2, 0) is 0 Å². The number of hydrogen-bond donors (Lipinski definition) is 0. The topological polar surface area (TPSA) is 43.9 Å². The highest BCUT2D eigenvalue weighted by molar-refractivity contribution is 6.28. The minimum absolute atomic E-state index is 0.620. The fraction of sp³-hybridized carbons (Fsp3) is 0. The van der Waals surface area contributed by atoms with E-state index in [0.717, 1.165) is 61.3 Å². The van der Waals surface area contributed by atoms with E-state index in [1.54, 1.807) is 0 Å². The summed E-state index contributed by atoms with van der Waals surface area (Å²) in [7, 11) is 0. The lowest BCUT2D eigenvalue weighted by atomic mass is 10.00. The summed E-state index contributed by atoms with van der Waals surface area (Å²) in [6.07, 6.45) is 0. The van der Waals surface area contributed by atoms with Gasteiger partial charge in [-0.3, -0.25) is 0 Å². The number of fused-ring (bicyclic) bond motifs is 10. The van der Waals surface area contributed by atoms with Crippen molar-refractivity contribution < 1.29 is 4.42 Å². The van der Waals surface area contributed by atoms with Crippen molar-refractivity contribution in [3.8, 4) is 50.7 Å². The lowest BCUT2D eigenvalue weighted by molar-refractivity contribution is 0.669. The molecule has 0 fully saturated rings. The molecule has 12 aromatic rings. The van der Waals surface area contributed by atoms with E-state index < -0.39 is 0 Å². The van der Waals surface area contributed by atoms with E-state index >= 15 is 0 Å². The Kier molecular flexibility index (Phi) is 7.20. The van der Waals surface area contributed by atoms with Crippen LogP contribution in [0.25, 0.3) is 116 Å². The van der Waals surface area contributed by atoms with Gasteiger partial charge in [0.25, 0.3) is 0 Å². The number of benzene rings is 9. The van der Waals surface area contributed by atoms with E-state index in [-0.39, 0.29) is 0 Å². The Labute approximate surface area is 333 Å². The first kappa shape index (κ1) is 32.4. The van der Waals surface area contributed by atoms with Crippen molar-refractivity contribution in [1.29, 1.82) is 0 Å². The summed E-state index contributed by atoms with van der Waals surface area (Å²) in [6, 6.07) is 70.8. The van der Waals surface area contributed by atoms with E-state index in [0.29, 0.717) is 5.82 Å². The predicted molar refractivity (Wildman–Crippen MR) is 240 cm³/mol. The number of nitrogens with zero attached hydrogens (tertiary/aromatic N) is 3. The third-order valence-electron chi connectivity index (χ3n) is 11.6. The molecule has 0 aliphatic carbocycles. The van der Waals surface area contributed by atoms with Crippen molar-refractivity contribution in [2.24, 2.45) is 0 Å². The highest BCUT2D eigenvalue weighted by atomic mass is 16.3. The molecule has 0 amide bonds. The van der Waals surface area contributed by atoms with Gasteiger partial charge in [0.15, 0.2) is 5.82 Å². The Bertz CT molecular complexity index is 3450. The molecule has 58 heavy (non-hydrogen) atoms. The zero-order valence-electron chi connectivity index (χ0n) is 31.3. The van der Waals surface area contributed by atoms with Crippen LogP contribution in [0.2, 0.25) is 0 Å². The van der Waals surface area contributed by atoms with E-state index in [2.05, 4.69) is 180 Å². The highest BCUT2D eigenvalue weighted by Crippen LogP contribution is 2.41. The zero-order valence-corrected chi connectivity index (χ0v) is 31.3. The molecule has 0 radical (unpaired) electrons. The summed E-state index contributed by atoms with van der Waals surface area (Å²) in [5.41, 5.74) is 12.0. The van der Waals surface area contributed by atoms with Gasteiger partial charge in [0, 0.05) is 38.4 Å². The molecule has 0 unspecified atom stereocenters. The van der Waals surface area contributed by atoms with E-state index in [1.165, 1.54) is 48.9 Å². The summed E-state index contributed by atoms with van der Waals surface area (Å²) in [5.74, 6) is 0.620. The summed E-state index contributed by atoms with van der Waals surface area (Å²) in [5, 5.41) is 9.67. The molecule has 3 heterocycles. The van der Waals surface area contributed by atoms with Crippen LogP contribution in [0, 0.1) is 0 Å². The molecule has 0 spiro atoms. The molecule has 0 saturated carbocycles. The fourth-order valence-corrected chi connectivity index (χ4v) is 8.86. The molecule has 270 valence electrons. The number of furan rings is 1. The van der Waals surface area contributed by atoms with E-state index in [9.17, 15) is 0 Å². The van der Waals surface area contributed by atoms with Gasteiger partial charge < -0.3 is 8.98 Å². The van der Waals surface area contributed by atoms with Gasteiger partial charge in [-0.05, 0) is 75.1 Å². The first-order valence-electron chi connectivity index (χ1n) is 19.7. The Morgan fingerprint density at radius 2 is 0.897 bits per heavy atom. The van der Waals surface area contributed by atoms with Crippen LogP contribution in [0.4, 0.5) is 0 Å². The zero-order chi connectivity index (χ0) is 38.2. The van der Waals surface area contributed by atoms with Crippen molar-refractivity contribution in [3.63, 3.8) is 0 Å². The molecule has 0 atom stereocenters. The van der Waals surface area contributed by atoms with Crippen LogP contribution in [0.15, 0.2) is 205 Å². The number of para-hydroxylation sites is 2. The number of aromatic nitrogens is 3. The molecular weight excluding hydrogens is 707 g/mol. The lowest BCUT2D eigenvalue weighted by Crippen LogP contribution is -1.97. The van der Waals surface area contributed by atoms with E-state index in [1.807, 2.05) is 24.3 Å². The second-order valence-electron chi connectivity index (χ2n) is 14.9. The molecule has 4 nitrogen and oxygen atoms in total. The maximum absolute atomic E-state index is 6.49. The van der Waals surface area contributed by atoms with Crippen LogP contribution in [0.3, 0.4) is 0 Å². The normalized spacial score (nSPS) is 11.8. The summed E-state index contributed by atoms with van der Waals surface area (Å²) >= 11 is 0. The maximum Gasteiger partial charge on any atom is 0.164 e. The Morgan fingerprint density at radius 1 is 0.379 bits per heavy atom. The fourth-order valence-electron chi connectivity index (χ4n) is 8.86. The number of hydrogen-bond acceptors (Lipinski definition) is 3. The molecule has 4 heteroatoms. The third kappa shape index (κ3) is 5.09. The van der Waals surface area contributed by atoms with Gasteiger partial charge in [0.1, 0.15) is 11.2 Å². The van der Waals surface area contributed by atoms with Gasteiger partial charge in [-0.15, -0.1) is 0 Å². The maximum atomic E-state index is 6.49. The highest BCUT2D eigenvalue weighted by Gasteiger charge is 2.19. The van der Waals surface area contributed by atoms with Crippen LogP contribution in [0.5, 0.6) is 0 Å². The second-order valence-corrected chi connectivity index (χ2v) is 14.9. The van der Waals surface area contributed by atoms with Crippen molar-refractivity contribution in [2.75, 3.05) is 0 Å². The monoisotopic (exact) mass is 739 g/mol. The van der Waals surface area contributed by atoms with Crippen LogP contribution in [-0.4, -0.2) is 14.5 Å². The largest absolute Gasteiger partial charge is 0.455 e. The Hall–Kier alpha value is -7.82. The second kappa shape index (κ2) is 12.9. The van der Waals surface area contributed by atoms with Crippen LogP contribution in [0.1, 0.15) is 0 Å². The predicted octanol–water partition coefficient (Wildman–Crippen LogP) is 14.4. The Morgan fingerprint density at radius 3 is 1.55 bits per heavy atom. The van der Waals surface area contributed by atoms with Crippen molar-refractivity contribution in [1.82, 2.24) is 14.5 Å². The quantitative estimate of drug-likeness (QED) is 0.177. The summed E-state index contributed by atoms with van der Waals surface area (Å²) in [4.78, 5) is 10.5. The van der Waals surface area contributed by atoms with Gasteiger partial charge in [-0.2, -0.15) is 0 Å². The number of rotatable bonds is 5. The molecular formula is C54H33N3O. The van der Waals surface area contributed by atoms with Crippen molar-refractivity contribution >= 4 is 65.3 Å². The van der Waals surface area contributed by atoms with Gasteiger partial charge in [-0.1, -0.05) is 158 Å². The molecule has 3 aromatic heterocycles. The molecule has 0 saturated heterocycles. The molecule has 0 bridgehead atoms. The minimum atomic E-state index is 0.620. The molecule has 12 rings (SSSR count). The van der Waals surface area contributed by atoms with Gasteiger partial charge >= 0.3 is 0 Å². The molecule has 0 aliphatic rings. The van der Waals surface area contributed by atoms with Gasteiger partial charge in [0.2, 0.25) is 0 Å². The van der Waals surface area contributed by atoms with Crippen LogP contribution < -0.4 is 0 Å². The van der Waals surface area contributed by atoms with Crippen molar-refractivity contribution in [3.05, 3.63) is 200 Å². The minimum Gasteiger partial charge on any atom is -0.455 e. The smallest absolute Gasteiger partial charge is 0.164 e. The summed E-state index contributed by atoms with van der Waals surface area (Å²) in [6.45, 7) is 0. The average molecular weight is 740 g/mol. The van der Waals surface area contributed by atoms with Crippen LogP contribution >= 0.6 is 0 Å². The molecule has 0 N–H and O–H groups in total. The first-order chi connectivity index (χ1) is 28.7. The standard InChI is InChI=1S/C54H33N3O/c1-2-11-34(12-3-1)35-21-23-38(24-22-35)46-33-47(56-54(55-46)45-19-10-18-44-43-17-8-9-20-50(43)58-53(44)45)39-25-29-40(30-26-39)57-48-31-27-36-13-4-6-15-41(36)51(48)52-42-16-7-5-14-37(42)28-32-49(52)57/h1-33H. The third-order valence-corrected chi connectivity index (χ3v) is 11.6. The molecule has 9 aromatic carbocycles. The average Bonchev–Trinajstić information content (AvgIpc) is 3.86. The van der Waals surface area contributed by atoms with Crippen molar-refractivity contribution in [2.45, 2.75) is 0 Å². The first-order valence-corrected chi connectivity index (χ1v) is 19.7. The Balaban J connectivity index is 1.03. The lowest BCUT2D eigenvalue weighted by Gasteiger charge is -2.12. The van der Waals surface area contributed by atoms with Gasteiger partial charge in [0.05, 0.1) is 28.0 Å². The van der Waals surface area contributed by atoms with E-state index in [4.69, 9.17) is 14.4 Å². The summed E-state index contributed by atoms with van der Waals surface area (Å²) < 4.78 is 8.90. The SMILES string of the molecule is c1ccc(-c2ccc(-c3cc(-c4ccc(-n5c6ccc7ccccc7c6c6c7ccccc7ccc65)cc4)nc(-c4cccc5c4oc4ccccc45)n3)cc2)cc1.